The molecule has 0 spiro atoms. The Morgan fingerprint density at radius 3 is 2.43 bits per heavy atom. The maximum absolute atomic E-state index is 5.55. The van der Waals surface area contributed by atoms with E-state index in [9.17, 15) is 0 Å². The molecular weight excluding hydrogens is 200 g/mol. The van der Waals surface area contributed by atoms with Crippen molar-refractivity contribution in [3.8, 4) is 0 Å². The summed E-state index contributed by atoms with van der Waals surface area (Å²) in [5.74, 6) is 1.55. The minimum absolute atomic E-state index is 0.308. The topological polar surface area (TPSA) is 38.9 Å². The Labute approximate surface area is 89.9 Å². The summed E-state index contributed by atoms with van der Waals surface area (Å²) in [6, 6.07) is 0. The van der Waals surface area contributed by atoms with Gasteiger partial charge in [-0.1, -0.05) is 32.6 Å². The van der Waals surface area contributed by atoms with Crippen molar-refractivity contribution in [2.75, 3.05) is 0 Å². The van der Waals surface area contributed by atoms with E-state index < -0.39 is 0 Å². The lowest BCUT2D eigenvalue weighted by Gasteiger charge is -1.96. The fourth-order valence-electron chi connectivity index (χ4n) is 1.32. The predicted molar refractivity (Wildman–Crippen MR) is 56.3 cm³/mol. The Kier molecular flexibility index (Phi) is 5.60. The summed E-state index contributed by atoms with van der Waals surface area (Å²) in [5.41, 5.74) is 0. The first-order valence-electron chi connectivity index (χ1n) is 5.24. The molecule has 0 aliphatic carbocycles. The lowest BCUT2D eigenvalue weighted by Crippen LogP contribution is -1.86. The highest BCUT2D eigenvalue weighted by atomic mass is 35.5. The zero-order valence-electron chi connectivity index (χ0n) is 8.63. The van der Waals surface area contributed by atoms with Crippen LogP contribution in [0.4, 0.5) is 0 Å². The molecule has 1 rings (SSSR count). The van der Waals surface area contributed by atoms with E-state index in [1.54, 1.807) is 0 Å². The molecule has 0 amide bonds. The molecule has 0 bridgehead atoms. The van der Waals surface area contributed by atoms with E-state index in [4.69, 9.17) is 16.0 Å². The van der Waals surface area contributed by atoms with Crippen molar-refractivity contribution in [2.24, 2.45) is 0 Å². The van der Waals surface area contributed by atoms with Crippen LogP contribution in [0.1, 0.15) is 50.8 Å². The second kappa shape index (κ2) is 6.82. The summed E-state index contributed by atoms with van der Waals surface area (Å²) in [6.07, 6.45) is 7.14. The van der Waals surface area contributed by atoms with Crippen LogP contribution in [0.5, 0.6) is 0 Å². The second-order valence-corrected chi connectivity index (χ2v) is 3.65. The molecule has 0 fully saturated rings. The van der Waals surface area contributed by atoms with Gasteiger partial charge in [0, 0.05) is 6.42 Å². The number of nitrogens with zero attached hydrogens (tertiary/aromatic N) is 2. The van der Waals surface area contributed by atoms with Crippen molar-refractivity contribution < 1.29 is 4.42 Å². The molecule has 3 nitrogen and oxygen atoms in total. The Morgan fingerprint density at radius 2 is 1.79 bits per heavy atom. The molecule has 0 saturated heterocycles. The first kappa shape index (κ1) is 11.5. The molecule has 1 heterocycles. The molecule has 0 atom stereocenters. The number of aryl methyl sites for hydroxylation is 1. The zero-order chi connectivity index (χ0) is 10.2. The standard InChI is InChI=1S/C10H17ClN2O/c1-2-3-4-5-6-7-9-12-13-10(8-11)14-9/h2-8H2,1H3. The summed E-state index contributed by atoms with van der Waals surface area (Å²) in [7, 11) is 0. The van der Waals surface area contributed by atoms with Crippen molar-refractivity contribution in [2.45, 2.75) is 51.3 Å². The molecule has 0 saturated carbocycles. The van der Waals surface area contributed by atoms with Crippen LogP contribution in [0.15, 0.2) is 4.42 Å². The van der Waals surface area contributed by atoms with E-state index in [2.05, 4.69) is 17.1 Å². The minimum Gasteiger partial charge on any atom is -0.424 e. The molecule has 4 heteroatoms. The molecule has 0 N–H and O–H groups in total. The van der Waals surface area contributed by atoms with Crippen LogP contribution < -0.4 is 0 Å². The summed E-state index contributed by atoms with van der Waals surface area (Å²) in [5, 5.41) is 7.70. The quantitative estimate of drug-likeness (QED) is 0.519. The Bertz CT molecular complexity index is 250. The van der Waals surface area contributed by atoms with Crippen LogP contribution in [0, 0.1) is 0 Å². The molecule has 0 unspecified atom stereocenters. The molecule has 0 radical (unpaired) electrons. The first-order valence-corrected chi connectivity index (χ1v) is 5.77. The summed E-state index contributed by atoms with van der Waals surface area (Å²) in [6.45, 7) is 2.21. The Morgan fingerprint density at radius 1 is 1.07 bits per heavy atom. The van der Waals surface area contributed by atoms with Crippen molar-refractivity contribution in [3.63, 3.8) is 0 Å². The fourth-order valence-corrected chi connectivity index (χ4v) is 1.43. The van der Waals surface area contributed by atoms with E-state index in [1.807, 2.05) is 0 Å². The smallest absolute Gasteiger partial charge is 0.231 e. The highest BCUT2D eigenvalue weighted by molar-refractivity contribution is 6.16. The molecule has 1 aromatic heterocycles. The van der Waals surface area contributed by atoms with Crippen molar-refractivity contribution in [1.29, 1.82) is 0 Å². The third kappa shape index (κ3) is 4.09. The molecule has 0 aromatic carbocycles. The highest BCUT2D eigenvalue weighted by Gasteiger charge is 2.03. The van der Waals surface area contributed by atoms with E-state index in [-0.39, 0.29) is 0 Å². The van der Waals surface area contributed by atoms with Gasteiger partial charge in [0.05, 0.1) is 0 Å². The number of unbranched alkanes of at least 4 members (excludes halogenated alkanes) is 4. The third-order valence-corrected chi connectivity index (χ3v) is 2.35. The van der Waals surface area contributed by atoms with Gasteiger partial charge in [-0.05, 0) is 6.42 Å². The molecule has 1 aromatic rings. The van der Waals surface area contributed by atoms with Crippen molar-refractivity contribution in [1.82, 2.24) is 10.2 Å². The molecule has 0 aliphatic rings. The van der Waals surface area contributed by atoms with Gasteiger partial charge >= 0.3 is 0 Å². The van der Waals surface area contributed by atoms with Gasteiger partial charge < -0.3 is 4.42 Å². The number of hydrogen-bond donors (Lipinski definition) is 0. The van der Waals surface area contributed by atoms with Crippen LogP contribution in [0.2, 0.25) is 0 Å². The monoisotopic (exact) mass is 216 g/mol. The van der Waals surface area contributed by atoms with E-state index in [0.717, 1.165) is 18.7 Å². The third-order valence-electron chi connectivity index (χ3n) is 2.12. The fraction of sp³-hybridized carbons (Fsp3) is 0.800. The summed E-state index contributed by atoms with van der Waals surface area (Å²) < 4.78 is 5.29. The van der Waals surface area contributed by atoms with Gasteiger partial charge in [0.1, 0.15) is 5.88 Å². The lowest BCUT2D eigenvalue weighted by molar-refractivity contribution is 0.452. The predicted octanol–water partition coefficient (Wildman–Crippen LogP) is 3.32. The van der Waals surface area contributed by atoms with Gasteiger partial charge in [0.25, 0.3) is 0 Å². The number of rotatable bonds is 7. The maximum Gasteiger partial charge on any atom is 0.231 e. The van der Waals surface area contributed by atoms with Gasteiger partial charge in [-0.25, -0.2) is 0 Å². The molecular formula is C10H17ClN2O. The van der Waals surface area contributed by atoms with Crippen molar-refractivity contribution >= 4 is 11.6 Å². The van der Waals surface area contributed by atoms with Crippen LogP contribution in [-0.4, -0.2) is 10.2 Å². The van der Waals surface area contributed by atoms with Gasteiger partial charge in [-0.2, -0.15) is 0 Å². The van der Waals surface area contributed by atoms with Gasteiger partial charge in [-0.15, -0.1) is 21.8 Å². The number of hydrogen-bond acceptors (Lipinski definition) is 3. The van der Waals surface area contributed by atoms with Crippen molar-refractivity contribution in [3.05, 3.63) is 11.8 Å². The van der Waals surface area contributed by atoms with Gasteiger partial charge in [0.15, 0.2) is 0 Å². The molecule has 14 heavy (non-hydrogen) atoms. The van der Waals surface area contributed by atoms with Crippen LogP contribution in [0.25, 0.3) is 0 Å². The van der Waals surface area contributed by atoms with Gasteiger partial charge in [0.2, 0.25) is 11.8 Å². The molecule has 0 aliphatic heterocycles. The van der Waals surface area contributed by atoms with E-state index >= 15 is 0 Å². The Balaban J connectivity index is 2.12. The van der Waals surface area contributed by atoms with Crippen LogP contribution in [-0.2, 0) is 12.3 Å². The largest absolute Gasteiger partial charge is 0.424 e. The highest BCUT2D eigenvalue weighted by Crippen LogP contribution is 2.09. The average molecular weight is 217 g/mol. The SMILES string of the molecule is CCCCCCCc1nnc(CCl)o1. The van der Waals surface area contributed by atoms with Gasteiger partial charge in [-0.3, -0.25) is 0 Å². The van der Waals surface area contributed by atoms with Crippen LogP contribution in [0.3, 0.4) is 0 Å². The first-order chi connectivity index (χ1) is 6.86. The normalized spacial score (nSPS) is 10.7. The maximum atomic E-state index is 5.55. The zero-order valence-corrected chi connectivity index (χ0v) is 9.39. The second-order valence-electron chi connectivity index (χ2n) is 3.39. The summed E-state index contributed by atoms with van der Waals surface area (Å²) in [4.78, 5) is 0. The minimum atomic E-state index is 0.308. The van der Waals surface area contributed by atoms with Crippen LogP contribution >= 0.6 is 11.6 Å². The van der Waals surface area contributed by atoms with E-state index in [0.29, 0.717) is 11.8 Å². The Hall–Kier alpha value is -0.570. The summed E-state index contributed by atoms with van der Waals surface area (Å²) >= 11 is 5.55. The lowest BCUT2D eigenvalue weighted by atomic mass is 10.1. The van der Waals surface area contributed by atoms with E-state index in [1.165, 1.54) is 25.7 Å². The number of alkyl halides is 1. The molecule has 80 valence electrons. The number of halogens is 1. The average Bonchev–Trinajstić information content (AvgIpc) is 2.65. The number of aromatic nitrogens is 2.